The smallest absolute Gasteiger partial charge is 0.309 e. The van der Waals surface area contributed by atoms with Crippen molar-refractivity contribution in [2.75, 3.05) is 0 Å². The summed E-state index contributed by atoms with van der Waals surface area (Å²) in [4.78, 5) is 33.5. The summed E-state index contributed by atoms with van der Waals surface area (Å²) in [5.41, 5.74) is 9.17. The van der Waals surface area contributed by atoms with Gasteiger partial charge in [0, 0.05) is 16.2 Å². The number of esters is 1. The number of ether oxygens (including phenoxy) is 1. The highest BCUT2D eigenvalue weighted by Crippen LogP contribution is 2.33. The summed E-state index contributed by atoms with van der Waals surface area (Å²) in [7, 11) is 0. The number of Topliss-reactive ketones (excluding diaryl/α,β-unsaturated/α-hetero) is 1. The third kappa shape index (κ3) is 8.35. The van der Waals surface area contributed by atoms with Crippen molar-refractivity contribution in [3.8, 4) is 0 Å². The Morgan fingerprint density at radius 2 is 1.95 bits per heavy atom. The molecule has 0 amide bonds. The van der Waals surface area contributed by atoms with E-state index >= 15 is 0 Å². The Hall–Kier alpha value is -2.30. The van der Waals surface area contributed by atoms with Crippen LogP contribution in [0.3, 0.4) is 0 Å². The lowest BCUT2D eigenvalue weighted by molar-refractivity contribution is -0.154. The Bertz CT molecular complexity index is 1020. The molecule has 2 heterocycles. The monoisotopic (exact) mass is 536 g/mol. The zero-order valence-electron chi connectivity index (χ0n) is 22.5. The summed E-state index contributed by atoms with van der Waals surface area (Å²) in [6, 6.07) is -0.863. The van der Waals surface area contributed by atoms with Gasteiger partial charge in [0.2, 0.25) is 0 Å². The molecule has 37 heavy (non-hydrogen) atoms. The van der Waals surface area contributed by atoms with Crippen molar-refractivity contribution in [2.45, 2.75) is 104 Å². The molecule has 1 fully saturated rings. The van der Waals surface area contributed by atoms with Crippen LogP contribution in [0.25, 0.3) is 16.5 Å². The van der Waals surface area contributed by atoms with Crippen molar-refractivity contribution in [1.29, 1.82) is 0 Å². The summed E-state index contributed by atoms with van der Waals surface area (Å²) in [5, 5.41) is 39.0. The Morgan fingerprint density at radius 3 is 2.54 bits per heavy atom. The van der Waals surface area contributed by atoms with Crippen LogP contribution >= 0.6 is 11.3 Å². The van der Waals surface area contributed by atoms with Gasteiger partial charge in [-0.05, 0) is 56.2 Å². The minimum Gasteiger partial charge on any atom is -0.458 e. The van der Waals surface area contributed by atoms with Gasteiger partial charge in [-0.3, -0.25) is 9.59 Å². The van der Waals surface area contributed by atoms with E-state index in [4.69, 9.17) is 10.3 Å². The van der Waals surface area contributed by atoms with Crippen LogP contribution in [0, 0.1) is 24.2 Å². The molecule has 7 atom stereocenters. The highest BCUT2D eigenvalue weighted by molar-refractivity contribution is 7.09. The highest BCUT2D eigenvalue weighted by atomic mass is 32.1. The third-order valence-electron chi connectivity index (χ3n) is 7.39. The predicted octanol–water partition coefficient (Wildman–Crippen LogP) is 4.36. The second-order valence-electron chi connectivity index (χ2n) is 10.7. The van der Waals surface area contributed by atoms with E-state index in [2.05, 4.69) is 15.0 Å². The molecular formula is C26H40N4O6S. The molecule has 1 aromatic rings. The SMILES string of the molecule is C/C(=C\c1csc(C)n1)[C@@H]1C[C@H](N=[N+]=[N-])[C@@H](O)CCC[C@H](C)[C@H](O)[C@@H](C)C(=O)C(C)(C)[C@@H](O)CC(=O)O1. The fraction of sp³-hybridized carbons (Fsp3) is 0.731. The van der Waals surface area contributed by atoms with E-state index in [1.165, 1.54) is 11.3 Å². The summed E-state index contributed by atoms with van der Waals surface area (Å²) < 4.78 is 5.73. The lowest BCUT2D eigenvalue weighted by Gasteiger charge is -2.35. The first kappa shape index (κ1) is 30.9. The molecule has 0 aliphatic carbocycles. The molecule has 0 unspecified atom stereocenters. The minimum atomic E-state index is -1.34. The van der Waals surface area contributed by atoms with Gasteiger partial charge in [-0.2, -0.15) is 0 Å². The standard InChI is InChI=1S/C26H40N4O6S/c1-14-8-7-9-20(31)19(29-30-27)11-21(15(2)10-18-13-37-17(4)28-18)36-23(33)12-22(32)26(5,6)25(35)16(3)24(14)34/h10,13-14,16,19-22,24,31-32,34H,7-9,11-12H2,1-6H3/b15-10+/t14-,16+,19-,20-,21-,22-,24-/m0/s1. The largest absolute Gasteiger partial charge is 0.458 e. The minimum absolute atomic E-state index is 0.0377. The summed E-state index contributed by atoms with van der Waals surface area (Å²) in [6.45, 7) is 10.2. The number of cyclic esters (lactones) is 1. The van der Waals surface area contributed by atoms with E-state index in [0.717, 1.165) is 5.01 Å². The maximum atomic E-state index is 13.2. The van der Waals surface area contributed by atoms with Crippen molar-refractivity contribution >= 4 is 29.2 Å². The fourth-order valence-electron chi connectivity index (χ4n) is 4.70. The number of azide groups is 1. The first-order valence-corrected chi connectivity index (χ1v) is 13.6. The number of hydrogen-bond donors (Lipinski definition) is 3. The maximum Gasteiger partial charge on any atom is 0.309 e. The van der Waals surface area contributed by atoms with Crippen LogP contribution in [0.4, 0.5) is 0 Å². The number of ketones is 1. The van der Waals surface area contributed by atoms with Gasteiger partial charge in [0.05, 0.1) is 46.9 Å². The quantitative estimate of drug-likeness (QED) is 0.223. The molecule has 11 heteroatoms. The molecule has 1 aliphatic heterocycles. The molecule has 0 aromatic carbocycles. The normalized spacial score (nSPS) is 32.9. The predicted molar refractivity (Wildman–Crippen MR) is 142 cm³/mol. The lowest BCUT2D eigenvalue weighted by Crippen LogP contribution is -2.46. The number of aromatic nitrogens is 1. The number of nitrogens with zero attached hydrogens (tertiary/aromatic N) is 4. The van der Waals surface area contributed by atoms with Crippen molar-refractivity contribution in [3.63, 3.8) is 0 Å². The number of carbonyl (C=O) groups excluding carboxylic acids is 2. The summed E-state index contributed by atoms with van der Waals surface area (Å²) in [6.07, 6.45) is -1.38. The first-order chi connectivity index (χ1) is 17.3. The molecule has 206 valence electrons. The van der Waals surface area contributed by atoms with Gasteiger partial charge in [0.15, 0.2) is 0 Å². The zero-order chi connectivity index (χ0) is 27.9. The first-order valence-electron chi connectivity index (χ1n) is 12.7. The summed E-state index contributed by atoms with van der Waals surface area (Å²) >= 11 is 1.48. The third-order valence-corrected chi connectivity index (χ3v) is 8.18. The van der Waals surface area contributed by atoms with E-state index in [-0.39, 0.29) is 18.1 Å². The van der Waals surface area contributed by atoms with Crippen molar-refractivity contribution in [1.82, 2.24) is 4.98 Å². The van der Waals surface area contributed by atoms with Crippen molar-refractivity contribution in [3.05, 3.63) is 32.1 Å². The second-order valence-corrected chi connectivity index (χ2v) is 11.8. The molecule has 0 spiro atoms. The topological polar surface area (TPSA) is 166 Å². The number of aliphatic hydroxyl groups excluding tert-OH is 3. The van der Waals surface area contributed by atoms with Crippen LogP contribution in [0.5, 0.6) is 0 Å². The van der Waals surface area contributed by atoms with Crippen LogP contribution in [0.15, 0.2) is 16.1 Å². The average Bonchev–Trinajstić information content (AvgIpc) is 3.24. The van der Waals surface area contributed by atoms with Crippen LogP contribution in [-0.2, 0) is 14.3 Å². The molecule has 0 radical (unpaired) electrons. The van der Waals surface area contributed by atoms with Gasteiger partial charge >= 0.3 is 5.97 Å². The Morgan fingerprint density at radius 1 is 1.27 bits per heavy atom. The Balaban J connectivity index is 2.43. The van der Waals surface area contributed by atoms with E-state index in [1.54, 1.807) is 33.8 Å². The lowest BCUT2D eigenvalue weighted by atomic mass is 9.73. The molecular weight excluding hydrogens is 496 g/mol. The van der Waals surface area contributed by atoms with Gasteiger partial charge < -0.3 is 20.1 Å². The van der Waals surface area contributed by atoms with Gasteiger partial charge in [0.1, 0.15) is 11.9 Å². The van der Waals surface area contributed by atoms with Crippen LogP contribution in [0.1, 0.15) is 77.4 Å². The zero-order valence-corrected chi connectivity index (χ0v) is 23.3. The molecule has 10 nitrogen and oxygen atoms in total. The second kappa shape index (κ2) is 13.5. The summed E-state index contributed by atoms with van der Waals surface area (Å²) in [5.74, 6) is -2.07. The van der Waals surface area contributed by atoms with Crippen LogP contribution in [-0.4, -0.2) is 62.5 Å². The highest BCUT2D eigenvalue weighted by Gasteiger charge is 2.42. The molecule has 3 N–H and O–H groups in total. The molecule has 1 aliphatic rings. The average molecular weight is 537 g/mol. The number of rotatable bonds is 3. The van der Waals surface area contributed by atoms with E-state index in [9.17, 15) is 24.9 Å². The number of hydrogen-bond acceptors (Lipinski definition) is 9. The van der Waals surface area contributed by atoms with Crippen LogP contribution in [0.2, 0.25) is 0 Å². The number of aliphatic hydroxyl groups is 3. The van der Waals surface area contributed by atoms with Crippen molar-refractivity contribution in [2.24, 2.45) is 22.4 Å². The van der Waals surface area contributed by atoms with Gasteiger partial charge in [-0.15, -0.1) is 11.3 Å². The maximum absolute atomic E-state index is 13.2. The van der Waals surface area contributed by atoms with E-state index < -0.39 is 54.2 Å². The van der Waals surface area contributed by atoms with E-state index in [0.29, 0.717) is 30.5 Å². The number of thiazole rings is 1. The Labute approximate surface area is 222 Å². The van der Waals surface area contributed by atoms with Gasteiger partial charge in [-0.25, -0.2) is 4.98 Å². The molecule has 2 rings (SSSR count). The van der Waals surface area contributed by atoms with Crippen LogP contribution < -0.4 is 0 Å². The van der Waals surface area contributed by atoms with Crippen molar-refractivity contribution < 1.29 is 29.6 Å². The number of aryl methyl sites for hydroxylation is 1. The molecule has 1 saturated heterocycles. The van der Waals surface area contributed by atoms with Gasteiger partial charge in [0.25, 0.3) is 0 Å². The molecule has 0 saturated carbocycles. The Kier molecular flexibility index (Phi) is 11.3. The number of carbonyl (C=O) groups is 2. The van der Waals surface area contributed by atoms with Gasteiger partial charge in [-0.1, -0.05) is 39.2 Å². The van der Waals surface area contributed by atoms with E-state index in [1.807, 2.05) is 19.2 Å². The molecule has 1 aromatic heterocycles. The fourth-order valence-corrected chi connectivity index (χ4v) is 5.27. The molecule has 0 bridgehead atoms.